The van der Waals surface area contributed by atoms with Crippen molar-refractivity contribution in [2.75, 3.05) is 5.75 Å². The van der Waals surface area contributed by atoms with Crippen molar-refractivity contribution in [1.82, 2.24) is 9.55 Å². The van der Waals surface area contributed by atoms with Crippen LogP contribution >= 0.6 is 11.8 Å². The maximum absolute atomic E-state index is 12.2. The molecule has 0 fully saturated rings. The number of ether oxygens (including phenoxy) is 1. The Kier molecular flexibility index (Phi) is 2.97. The smallest absolute Gasteiger partial charge is 0.406 e. The quantitative estimate of drug-likeness (QED) is 0.854. The molecule has 0 N–H and O–H groups in total. The zero-order chi connectivity index (χ0) is 14.3. The van der Waals surface area contributed by atoms with Gasteiger partial charge in [0.05, 0.1) is 11.4 Å². The van der Waals surface area contributed by atoms with E-state index in [1.165, 1.54) is 40.7 Å². The molecule has 2 aromatic rings. The van der Waals surface area contributed by atoms with Gasteiger partial charge in [-0.3, -0.25) is 9.36 Å². The fraction of sp³-hybridized carbons (Fsp3) is 0.167. The molecule has 0 amide bonds. The fourth-order valence-electron chi connectivity index (χ4n) is 1.83. The summed E-state index contributed by atoms with van der Waals surface area (Å²) in [5.41, 5.74) is 0.898. The van der Waals surface area contributed by atoms with Gasteiger partial charge >= 0.3 is 6.36 Å². The summed E-state index contributed by atoms with van der Waals surface area (Å²) in [5.74, 6) is -0.0755. The number of fused-ring (bicyclic) bond motifs is 1. The summed E-state index contributed by atoms with van der Waals surface area (Å²) in [7, 11) is 0. The molecule has 0 bridgehead atoms. The van der Waals surface area contributed by atoms with E-state index in [-0.39, 0.29) is 11.7 Å². The van der Waals surface area contributed by atoms with Gasteiger partial charge in [-0.1, -0.05) is 23.9 Å². The Hall–Kier alpha value is -1.96. The molecule has 1 aromatic heterocycles. The third-order valence-corrected chi connectivity index (χ3v) is 3.57. The van der Waals surface area contributed by atoms with Gasteiger partial charge in [-0.05, 0) is 12.1 Å². The molecule has 1 aromatic carbocycles. The van der Waals surface area contributed by atoms with Gasteiger partial charge in [0.25, 0.3) is 0 Å². The molecule has 0 spiro atoms. The average Bonchev–Trinajstić information content (AvgIpc) is 2.90. The van der Waals surface area contributed by atoms with Gasteiger partial charge in [0.2, 0.25) is 5.91 Å². The molecule has 0 radical (unpaired) electrons. The van der Waals surface area contributed by atoms with Crippen molar-refractivity contribution < 1.29 is 22.7 Å². The number of benzene rings is 1. The molecule has 1 aliphatic rings. The van der Waals surface area contributed by atoms with Crippen molar-refractivity contribution in [3.63, 3.8) is 0 Å². The maximum atomic E-state index is 12.2. The lowest BCUT2D eigenvalue weighted by molar-refractivity contribution is -0.274. The number of nitrogens with zero attached hydrogens (tertiary/aromatic N) is 2. The van der Waals surface area contributed by atoms with E-state index < -0.39 is 6.36 Å². The van der Waals surface area contributed by atoms with Crippen LogP contribution in [0.15, 0.2) is 35.6 Å². The van der Waals surface area contributed by atoms with Crippen LogP contribution in [-0.4, -0.2) is 27.6 Å². The van der Waals surface area contributed by atoms with Gasteiger partial charge in [0.1, 0.15) is 5.75 Å². The second-order valence-corrected chi connectivity index (χ2v) is 4.98. The maximum Gasteiger partial charge on any atom is 0.573 e. The molecule has 20 heavy (non-hydrogen) atoms. The van der Waals surface area contributed by atoms with E-state index in [9.17, 15) is 18.0 Å². The lowest BCUT2D eigenvalue weighted by Crippen LogP contribution is -2.17. The molecule has 104 valence electrons. The summed E-state index contributed by atoms with van der Waals surface area (Å²) >= 11 is 1.30. The molecular formula is C12H7F3N2O2S. The Bertz CT molecular complexity index is 682. The summed E-state index contributed by atoms with van der Waals surface area (Å²) < 4.78 is 41.8. The molecule has 1 aliphatic heterocycles. The zero-order valence-corrected chi connectivity index (χ0v) is 10.7. The number of aromatic nitrogens is 2. The van der Waals surface area contributed by atoms with E-state index in [0.29, 0.717) is 22.2 Å². The standard InChI is InChI=1S/C12H7F3N2O2S/c13-12(14,15)19-8-3-1-2-7(4-8)9-5-17-10(18)6-20-11(17)16-9/h1-5H,6H2. The number of halogens is 3. The first-order chi connectivity index (χ1) is 9.42. The van der Waals surface area contributed by atoms with E-state index in [1.54, 1.807) is 6.07 Å². The average molecular weight is 300 g/mol. The summed E-state index contributed by atoms with van der Waals surface area (Å²) in [5, 5.41) is 0.548. The predicted octanol–water partition coefficient (Wildman–Crippen LogP) is 3.19. The normalized spacial score (nSPS) is 14.4. The van der Waals surface area contributed by atoms with Gasteiger partial charge in [-0.15, -0.1) is 13.2 Å². The summed E-state index contributed by atoms with van der Waals surface area (Å²) in [6.07, 6.45) is -3.22. The Morgan fingerprint density at radius 3 is 2.85 bits per heavy atom. The van der Waals surface area contributed by atoms with E-state index in [4.69, 9.17) is 0 Å². The number of carbonyl (C=O) groups excluding carboxylic acids is 1. The number of carbonyl (C=O) groups is 1. The van der Waals surface area contributed by atoms with Crippen molar-refractivity contribution in [3.05, 3.63) is 30.5 Å². The Morgan fingerprint density at radius 2 is 2.15 bits per heavy atom. The first-order valence-corrected chi connectivity index (χ1v) is 6.52. The highest BCUT2D eigenvalue weighted by Crippen LogP contribution is 2.31. The molecule has 8 heteroatoms. The lowest BCUT2D eigenvalue weighted by atomic mass is 10.1. The first kappa shape index (κ1) is 13.0. The minimum Gasteiger partial charge on any atom is -0.406 e. The fourth-order valence-corrected chi connectivity index (χ4v) is 2.68. The van der Waals surface area contributed by atoms with Crippen LogP contribution in [0.4, 0.5) is 13.2 Å². The van der Waals surface area contributed by atoms with Crippen LogP contribution in [0.1, 0.15) is 4.79 Å². The zero-order valence-electron chi connectivity index (χ0n) is 9.85. The van der Waals surface area contributed by atoms with Crippen LogP contribution < -0.4 is 4.74 Å². The molecule has 0 saturated carbocycles. The molecular weight excluding hydrogens is 293 g/mol. The summed E-state index contributed by atoms with van der Waals surface area (Å²) in [4.78, 5) is 15.7. The lowest BCUT2D eigenvalue weighted by Gasteiger charge is -2.09. The second-order valence-electron chi connectivity index (χ2n) is 4.04. The molecule has 4 nitrogen and oxygen atoms in total. The Labute approximate surface area is 115 Å². The van der Waals surface area contributed by atoms with Crippen LogP contribution in [0.3, 0.4) is 0 Å². The van der Waals surface area contributed by atoms with Gasteiger partial charge in [0.15, 0.2) is 5.16 Å². The summed E-state index contributed by atoms with van der Waals surface area (Å²) in [6, 6.07) is 5.49. The van der Waals surface area contributed by atoms with E-state index in [2.05, 4.69) is 9.72 Å². The third kappa shape index (κ3) is 2.51. The molecule has 0 atom stereocenters. The topological polar surface area (TPSA) is 44.1 Å². The van der Waals surface area contributed by atoms with Crippen molar-refractivity contribution in [1.29, 1.82) is 0 Å². The third-order valence-electron chi connectivity index (χ3n) is 2.63. The molecule has 0 saturated heterocycles. The first-order valence-electron chi connectivity index (χ1n) is 5.54. The molecule has 0 aliphatic carbocycles. The monoisotopic (exact) mass is 300 g/mol. The number of thioether (sulfide) groups is 1. The van der Waals surface area contributed by atoms with Crippen molar-refractivity contribution in [3.8, 4) is 17.0 Å². The number of alkyl halides is 3. The van der Waals surface area contributed by atoms with Crippen LogP contribution in [0, 0.1) is 0 Å². The largest absolute Gasteiger partial charge is 0.573 e. The van der Waals surface area contributed by atoms with Crippen molar-refractivity contribution >= 4 is 17.7 Å². The SMILES string of the molecule is O=C1CSc2nc(-c3cccc(OC(F)(F)F)c3)cn21. The van der Waals surface area contributed by atoms with Gasteiger partial charge in [-0.25, -0.2) is 4.98 Å². The Balaban J connectivity index is 1.93. The number of rotatable bonds is 2. The van der Waals surface area contributed by atoms with Crippen molar-refractivity contribution in [2.45, 2.75) is 11.5 Å². The van der Waals surface area contributed by atoms with Crippen molar-refractivity contribution in [2.24, 2.45) is 0 Å². The molecule has 0 unspecified atom stereocenters. The van der Waals surface area contributed by atoms with Gasteiger partial charge in [-0.2, -0.15) is 0 Å². The minimum atomic E-state index is -4.74. The van der Waals surface area contributed by atoms with Gasteiger partial charge < -0.3 is 4.74 Å². The van der Waals surface area contributed by atoms with Crippen LogP contribution in [0.2, 0.25) is 0 Å². The minimum absolute atomic E-state index is 0.0913. The van der Waals surface area contributed by atoms with Gasteiger partial charge in [0, 0.05) is 11.8 Å². The number of hydrogen-bond acceptors (Lipinski definition) is 4. The van der Waals surface area contributed by atoms with E-state index in [1.807, 2.05) is 0 Å². The second kappa shape index (κ2) is 4.55. The van der Waals surface area contributed by atoms with Crippen LogP contribution in [0.5, 0.6) is 5.75 Å². The highest BCUT2D eigenvalue weighted by molar-refractivity contribution is 8.00. The molecule has 3 rings (SSSR count). The van der Waals surface area contributed by atoms with E-state index >= 15 is 0 Å². The number of imidazole rings is 1. The van der Waals surface area contributed by atoms with Crippen LogP contribution in [-0.2, 0) is 0 Å². The highest BCUT2D eigenvalue weighted by atomic mass is 32.2. The van der Waals surface area contributed by atoms with E-state index in [0.717, 1.165) is 0 Å². The molecule has 2 heterocycles. The predicted molar refractivity (Wildman–Crippen MR) is 65.7 cm³/mol. The van der Waals surface area contributed by atoms with Crippen LogP contribution in [0.25, 0.3) is 11.3 Å². The summed E-state index contributed by atoms with van der Waals surface area (Å²) in [6.45, 7) is 0. The number of hydrogen-bond donors (Lipinski definition) is 0. The Morgan fingerprint density at radius 1 is 1.35 bits per heavy atom. The highest BCUT2D eigenvalue weighted by Gasteiger charge is 2.31.